The number of rotatable bonds is 7. The van der Waals surface area contributed by atoms with Crippen molar-refractivity contribution >= 4 is 11.9 Å². The second kappa shape index (κ2) is 8.19. The fraction of sp³-hybridized carbons (Fsp3) is 0.263. The van der Waals surface area contributed by atoms with Crippen LogP contribution in [0.25, 0.3) is 0 Å². The first kappa shape index (κ1) is 18.3. The Bertz CT molecular complexity index is 764. The van der Waals surface area contributed by atoms with Gasteiger partial charge in [-0.05, 0) is 42.2 Å². The van der Waals surface area contributed by atoms with E-state index in [1.165, 1.54) is 20.1 Å². The molecule has 6 heteroatoms. The van der Waals surface area contributed by atoms with E-state index in [0.29, 0.717) is 18.4 Å². The molecule has 0 aliphatic rings. The zero-order valence-corrected chi connectivity index (χ0v) is 14.4. The lowest BCUT2D eigenvalue weighted by atomic mass is 9.98. The molecule has 0 amide bonds. The molecular weight excluding hydrogens is 324 g/mol. The number of carbonyl (C=O) groups is 2. The van der Waals surface area contributed by atoms with Gasteiger partial charge in [0.05, 0.1) is 14.2 Å². The number of carboxylic acid groups (broad SMARTS) is 1. The van der Waals surface area contributed by atoms with E-state index in [4.69, 9.17) is 14.2 Å². The van der Waals surface area contributed by atoms with Crippen LogP contribution in [0.3, 0.4) is 0 Å². The molecule has 0 atom stereocenters. The van der Waals surface area contributed by atoms with Crippen molar-refractivity contribution in [1.82, 2.24) is 0 Å². The molecule has 132 valence electrons. The number of carbonyl (C=O) groups excluding carboxylic acids is 1. The predicted octanol–water partition coefficient (Wildman–Crippen LogP) is 3.11. The molecule has 6 nitrogen and oxygen atoms in total. The first-order chi connectivity index (χ1) is 11.9. The monoisotopic (exact) mass is 344 g/mol. The van der Waals surface area contributed by atoms with Crippen molar-refractivity contribution in [2.45, 2.75) is 19.8 Å². The summed E-state index contributed by atoms with van der Waals surface area (Å²) in [5.41, 5.74) is 1.65. The van der Waals surface area contributed by atoms with E-state index in [0.717, 1.165) is 11.3 Å². The third kappa shape index (κ3) is 4.73. The summed E-state index contributed by atoms with van der Waals surface area (Å²) in [4.78, 5) is 22.8. The predicted molar refractivity (Wildman–Crippen MR) is 91.7 cm³/mol. The van der Waals surface area contributed by atoms with Crippen LogP contribution in [0.1, 0.15) is 28.4 Å². The van der Waals surface area contributed by atoms with Gasteiger partial charge in [0.1, 0.15) is 22.8 Å². The Morgan fingerprint density at radius 3 is 2.16 bits per heavy atom. The van der Waals surface area contributed by atoms with Crippen molar-refractivity contribution in [1.29, 1.82) is 0 Å². The number of hydrogen-bond donors (Lipinski definition) is 1. The minimum absolute atomic E-state index is 0.0758. The summed E-state index contributed by atoms with van der Waals surface area (Å²) in [5, 5.41) is 9.51. The van der Waals surface area contributed by atoms with Crippen LogP contribution < -0.4 is 14.2 Å². The van der Waals surface area contributed by atoms with Crippen molar-refractivity contribution in [2.75, 3.05) is 14.2 Å². The van der Waals surface area contributed by atoms with Crippen LogP contribution in [0.5, 0.6) is 17.2 Å². The molecule has 0 spiro atoms. The number of benzene rings is 2. The van der Waals surface area contributed by atoms with Gasteiger partial charge in [-0.15, -0.1) is 0 Å². The maximum Gasteiger partial charge on any atom is 0.339 e. The topological polar surface area (TPSA) is 82.1 Å². The first-order valence-electron chi connectivity index (χ1n) is 7.70. The quantitative estimate of drug-likeness (QED) is 0.614. The lowest BCUT2D eigenvalue weighted by molar-refractivity contribution is -0.131. The lowest BCUT2D eigenvalue weighted by Gasteiger charge is -2.13. The SMILES string of the molecule is COc1ccc(CCc2cc(OC(C)=O)cc(OC)c2C(=O)O)cc1. The first-order valence-corrected chi connectivity index (χ1v) is 7.70. The van der Waals surface area contributed by atoms with Crippen molar-refractivity contribution in [3.8, 4) is 17.2 Å². The third-order valence-corrected chi connectivity index (χ3v) is 3.69. The van der Waals surface area contributed by atoms with Crippen LogP contribution in [-0.4, -0.2) is 31.3 Å². The van der Waals surface area contributed by atoms with Gasteiger partial charge in [-0.25, -0.2) is 4.79 Å². The Labute approximate surface area is 146 Å². The molecule has 0 unspecified atom stereocenters. The zero-order chi connectivity index (χ0) is 18.4. The highest BCUT2D eigenvalue weighted by molar-refractivity contribution is 5.93. The maximum absolute atomic E-state index is 11.6. The van der Waals surface area contributed by atoms with Crippen LogP contribution in [0, 0.1) is 0 Å². The smallest absolute Gasteiger partial charge is 0.339 e. The van der Waals surface area contributed by atoms with Gasteiger partial charge in [0, 0.05) is 13.0 Å². The average Bonchev–Trinajstić information content (AvgIpc) is 2.58. The second-order valence-corrected chi connectivity index (χ2v) is 5.41. The number of esters is 1. The minimum atomic E-state index is -1.09. The normalized spacial score (nSPS) is 10.2. The Balaban J connectivity index is 2.31. The van der Waals surface area contributed by atoms with E-state index in [-0.39, 0.29) is 17.1 Å². The van der Waals surface area contributed by atoms with Gasteiger partial charge >= 0.3 is 11.9 Å². The van der Waals surface area contributed by atoms with Crippen LogP contribution in [0.15, 0.2) is 36.4 Å². The molecule has 2 rings (SSSR count). The number of carboxylic acids is 1. The van der Waals surface area contributed by atoms with Gasteiger partial charge < -0.3 is 19.3 Å². The summed E-state index contributed by atoms with van der Waals surface area (Å²) in [7, 11) is 2.98. The van der Waals surface area contributed by atoms with Crippen LogP contribution in [0.2, 0.25) is 0 Å². The van der Waals surface area contributed by atoms with E-state index < -0.39 is 11.9 Å². The highest BCUT2D eigenvalue weighted by Gasteiger charge is 2.19. The molecule has 2 aromatic carbocycles. The van der Waals surface area contributed by atoms with Crippen LogP contribution >= 0.6 is 0 Å². The summed E-state index contributed by atoms with van der Waals surface area (Å²) in [5.74, 6) is -0.384. The summed E-state index contributed by atoms with van der Waals surface area (Å²) < 4.78 is 15.4. The van der Waals surface area contributed by atoms with Crippen molar-refractivity contribution in [2.24, 2.45) is 0 Å². The molecule has 1 N–H and O–H groups in total. The fourth-order valence-corrected chi connectivity index (χ4v) is 2.54. The van der Waals surface area contributed by atoms with Gasteiger partial charge in [-0.3, -0.25) is 4.79 Å². The van der Waals surface area contributed by atoms with E-state index in [2.05, 4.69) is 0 Å². The van der Waals surface area contributed by atoms with Crippen molar-refractivity contribution in [3.63, 3.8) is 0 Å². The molecule has 0 heterocycles. The molecule has 0 aliphatic carbocycles. The highest BCUT2D eigenvalue weighted by Crippen LogP contribution is 2.30. The summed E-state index contributed by atoms with van der Waals surface area (Å²) >= 11 is 0. The molecular formula is C19H20O6. The standard InChI is InChI=1S/C19H20O6/c1-12(20)25-16-10-14(18(19(21)22)17(11-16)24-3)7-4-13-5-8-15(23-2)9-6-13/h5-6,8-11H,4,7H2,1-3H3,(H,21,22). The Morgan fingerprint density at radius 2 is 1.64 bits per heavy atom. The van der Waals surface area contributed by atoms with Gasteiger partial charge in [-0.2, -0.15) is 0 Å². The summed E-state index contributed by atoms with van der Waals surface area (Å²) in [6.07, 6.45) is 1.08. The number of aromatic carboxylic acids is 1. The van der Waals surface area contributed by atoms with Gasteiger partial charge in [-0.1, -0.05) is 12.1 Å². The molecule has 0 aliphatic heterocycles. The average molecular weight is 344 g/mol. The third-order valence-electron chi connectivity index (χ3n) is 3.69. The summed E-state index contributed by atoms with van der Waals surface area (Å²) in [6.45, 7) is 1.29. The zero-order valence-electron chi connectivity index (χ0n) is 14.4. The van der Waals surface area contributed by atoms with E-state index in [9.17, 15) is 14.7 Å². The highest BCUT2D eigenvalue weighted by atomic mass is 16.5. The van der Waals surface area contributed by atoms with E-state index in [1.54, 1.807) is 13.2 Å². The van der Waals surface area contributed by atoms with Gasteiger partial charge in [0.15, 0.2) is 0 Å². The fourth-order valence-electron chi connectivity index (χ4n) is 2.54. The van der Waals surface area contributed by atoms with Crippen molar-refractivity contribution < 1.29 is 28.9 Å². The maximum atomic E-state index is 11.6. The molecule has 0 aromatic heterocycles. The number of aryl methyl sites for hydroxylation is 2. The Morgan fingerprint density at radius 1 is 0.960 bits per heavy atom. The van der Waals surface area contributed by atoms with Crippen LogP contribution in [0.4, 0.5) is 0 Å². The van der Waals surface area contributed by atoms with E-state index in [1.807, 2.05) is 24.3 Å². The van der Waals surface area contributed by atoms with Crippen molar-refractivity contribution in [3.05, 3.63) is 53.1 Å². The molecule has 0 saturated carbocycles. The molecule has 0 bridgehead atoms. The van der Waals surface area contributed by atoms with Gasteiger partial charge in [0.25, 0.3) is 0 Å². The molecule has 0 radical (unpaired) electrons. The Hall–Kier alpha value is -3.02. The largest absolute Gasteiger partial charge is 0.497 e. The molecule has 25 heavy (non-hydrogen) atoms. The van der Waals surface area contributed by atoms with Crippen LogP contribution in [-0.2, 0) is 17.6 Å². The molecule has 0 saturated heterocycles. The minimum Gasteiger partial charge on any atom is -0.497 e. The number of hydrogen-bond acceptors (Lipinski definition) is 5. The van der Waals surface area contributed by atoms with Gasteiger partial charge in [0.2, 0.25) is 0 Å². The number of methoxy groups -OCH3 is 2. The van der Waals surface area contributed by atoms with E-state index >= 15 is 0 Å². The second-order valence-electron chi connectivity index (χ2n) is 5.41. The molecule has 2 aromatic rings. The Kier molecular flexibility index (Phi) is 6.00. The molecule has 0 fully saturated rings. The lowest BCUT2D eigenvalue weighted by Crippen LogP contribution is -2.09. The summed E-state index contributed by atoms with van der Waals surface area (Å²) in [6, 6.07) is 10.5. The number of ether oxygens (including phenoxy) is 3.